The van der Waals surface area contributed by atoms with Gasteiger partial charge < -0.3 is 9.80 Å². The number of nitrogens with zero attached hydrogens (tertiary/aromatic N) is 3. The Labute approximate surface area is 149 Å². The van der Waals surface area contributed by atoms with E-state index in [2.05, 4.69) is 29.2 Å². The fourth-order valence-corrected chi connectivity index (χ4v) is 3.19. The third kappa shape index (κ3) is 3.83. The number of likely N-dealkylation sites (tertiary alicyclic amines) is 1. The van der Waals surface area contributed by atoms with E-state index in [1.54, 1.807) is 0 Å². The molecule has 0 atom stereocenters. The summed E-state index contributed by atoms with van der Waals surface area (Å²) < 4.78 is 0. The van der Waals surface area contributed by atoms with Crippen LogP contribution in [0, 0.1) is 17.2 Å². The monoisotopic (exact) mass is 333 g/mol. The first-order valence-corrected chi connectivity index (χ1v) is 8.65. The molecule has 4 heteroatoms. The van der Waals surface area contributed by atoms with Crippen LogP contribution < -0.4 is 4.90 Å². The highest BCUT2D eigenvalue weighted by atomic mass is 16.2. The highest BCUT2D eigenvalue weighted by Crippen LogP contribution is 2.26. The van der Waals surface area contributed by atoms with E-state index in [0.717, 1.165) is 29.7 Å². The van der Waals surface area contributed by atoms with Crippen LogP contribution in [0.1, 0.15) is 23.2 Å². The van der Waals surface area contributed by atoms with E-state index < -0.39 is 0 Å². The van der Waals surface area contributed by atoms with Gasteiger partial charge in [-0.25, -0.2) is 0 Å². The van der Waals surface area contributed by atoms with E-state index in [4.69, 9.17) is 5.26 Å². The van der Waals surface area contributed by atoms with Crippen molar-refractivity contribution in [2.75, 3.05) is 32.1 Å². The molecule has 0 aliphatic carbocycles. The second-order valence-electron chi connectivity index (χ2n) is 6.72. The van der Waals surface area contributed by atoms with Crippen molar-refractivity contribution in [2.24, 2.45) is 5.92 Å². The minimum absolute atomic E-state index is 0.0574. The summed E-state index contributed by atoms with van der Waals surface area (Å²) in [5, 5.41) is 9.00. The van der Waals surface area contributed by atoms with Gasteiger partial charge in [0.1, 0.15) is 0 Å². The average molecular weight is 333 g/mol. The number of hydrogen-bond donors (Lipinski definition) is 0. The number of piperidine rings is 1. The van der Waals surface area contributed by atoms with E-state index in [9.17, 15) is 4.79 Å². The van der Waals surface area contributed by atoms with E-state index in [1.807, 2.05) is 49.3 Å². The predicted octanol–water partition coefficient (Wildman–Crippen LogP) is 3.80. The fraction of sp³-hybridized carbons (Fsp3) is 0.333. The molecule has 1 aliphatic heterocycles. The molecule has 1 heterocycles. The maximum Gasteiger partial charge on any atom is 0.253 e. The molecule has 0 radical (unpaired) electrons. The molecule has 0 bridgehead atoms. The van der Waals surface area contributed by atoms with Crippen LogP contribution in [0.5, 0.6) is 0 Å². The van der Waals surface area contributed by atoms with Crippen LogP contribution in [0.25, 0.3) is 11.1 Å². The van der Waals surface area contributed by atoms with Crippen molar-refractivity contribution < 1.29 is 4.79 Å². The van der Waals surface area contributed by atoms with E-state index in [1.165, 1.54) is 0 Å². The Morgan fingerprint density at radius 1 is 1.08 bits per heavy atom. The third-order valence-corrected chi connectivity index (χ3v) is 4.77. The van der Waals surface area contributed by atoms with Crippen molar-refractivity contribution in [3.05, 3.63) is 54.1 Å². The number of rotatable bonds is 3. The van der Waals surface area contributed by atoms with Crippen LogP contribution in [0.4, 0.5) is 5.69 Å². The van der Waals surface area contributed by atoms with Crippen LogP contribution in [0.2, 0.25) is 0 Å². The summed E-state index contributed by atoms with van der Waals surface area (Å²) in [6.07, 6.45) is 1.54. The summed E-state index contributed by atoms with van der Waals surface area (Å²) in [6, 6.07) is 18.4. The summed E-state index contributed by atoms with van der Waals surface area (Å²) in [7, 11) is 4.04. The second-order valence-corrected chi connectivity index (χ2v) is 6.72. The molecule has 2 aromatic carbocycles. The first-order chi connectivity index (χ1) is 12.1. The number of carbonyl (C=O) groups is 1. The van der Waals surface area contributed by atoms with Gasteiger partial charge in [-0.15, -0.1) is 0 Å². The van der Waals surface area contributed by atoms with Crippen molar-refractivity contribution in [1.29, 1.82) is 5.26 Å². The second kappa shape index (κ2) is 7.40. The van der Waals surface area contributed by atoms with Gasteiger partial charge in [0.05, 0.1) is 6.07 Å². The lowest BCUT2D eigenvalue weighted by atomic mass is 9.97. The molecule has 1 fully saturated rings. The molecule has 2 aromatic rings. The van der Waals surface area contributed by atoms with Crippen LogP contribution in [0.15, 0.2) is 48.5 Å². The van der Waals surface area contributed by atoms with Gasteiger partial charge in [-0.05, 0) is 48.2 Å². The lowest BCUT2D eigenvalue weighted by molar-refractivity contribution is 0.0707. The highest BCUT2D eigenvalue weighted by molar-refractivity contribution is 5.95. The molecule has 1 amide bonds. The third-order valence-electron chi connectivity index (χ3n) is 4.77. The Balaban J connectivity index is 1.81. The molecule has 0 saturated carbocycles. The van der Waals surface area contributed by atoms with Gasteiger partial charge in [0.25, 0.3) is 5.91 Å². The molecule has 3 rings (SSSR count). The summed E-state index contributed by atoms with van der Waals surface area (Å²) in [4.78, 5) is 16.7. The molecule has 0 unspecified atom stereocenters. The molecule has 25 heavy (non-hydrogen) atoms. The Kier molecular flexibility index (Phi) is 5.04. The average Bonchev–Trinajstić information content (AvgIpc) is 2.67. The molecule has 0 spiro atoms. The van der Waals surface area contributed by atoms with Gasteiger partial charge in [0, 0.05) is 44.4 Å². The quantitative estimate of drug-likeness (QED) is 0.858. The topological polar surface area (TPSA) is 47.3 Å². The standard InChI is InChI=1S/C21H23N3O/c1-23(2)20-8-4-6-18(14-20)17-5-3-7-19(13-17)21(25)24-11-9-16(15-22)10-12-24/h3-8,13-14,16H,9-12H2,1-2H3. The fourth-order valence-electron chi connectivity index (χ4n) is 3.19. The zero-order valence-electron chi connectivity index (χ0n) is 14.8. The summed E-state index contributed by atoms with van der Waals surface area (Å²) in [6.45, 7) is 1.33. The number of hydrogen-bond acceptors (Lipinski definition) is 3. The van der Waals surface area contributed by atoms with Crippen molar-refractivity contribution in [3.8, 4) is 17.2 Å². The maximum atomic E-state index is 12.8. The Morgan fingerprint density at radius 2 is 1.72 bits per heavy atom. The van der Waals surface area contributed by atoms with Crippen LogP contribution in [-0.2, 0) is 0 Å². The number of amides is 1. The Hall–Kier alpha value is -2.80. The smallest absolute Gasteiger partial charge is 0.253 e. The minimum Gasteiger partial charge on any atom is -0.378 e. The van der Waals surface area contributed by atoms with Crippen molar-refractivity contribution in [1.82, 2.24) is 4.90 Å². The van der Waals surface area contributed by atoms with Gasteiger partial charge in [-0.2, -0.15) is 5.26 Å². The predicted molar refractivity (Wildman–Crippen MR) is 100 cm³/mol. The molecular weight excluding hydrogens is 310 g/mol. The zero-order chi connectivity index (χ0) is 17.8. The van der Waals surface area contributed by atoms with Gasteiger partial charge in [0.15, 0.2) is 0 Å². The highest BCUT2D eigenvalue weighted by Gasteiger charge is 2.23. The summed E-state index contributed by atoms with van der Waals surface area (Å²) >= 11 is 0. The molecule has 1 aliphatic rings. The molecule has 4 nitrogen and oxygen atoms in total. The number of benzene rings is 2. The minimum atomic E-state index is 0.0574. The van der Waals surface area contributed by atoms with E-state index in [0.29, 0.717) is 18.7 Å². The Bertz CT molecular complexity index is 799. The van der Waals surface area contributed by atoms with E-state index >= 15 is 0 Å². The molecule has 0 aromatic heterocycles. The lowest BCUT2D eigenvalue weighted by Gasteiger charge is -2.29. The zero-order valence-corrected chi connectivity index (χ0v) is 14.8. The summed E-state index contributed by atoms with van der Waals surface area (Å²) in [5.74, 6) is 0.145. The van der Waals surface area contributed by atoms with Gasteiger partial charge in [0.2, 0.25) is 0 Å². The van der Waals surface area contributed by atoms with Gasteiger partial charge >= 0.3 is 0 Å². The molecular formula is C21H23N3O. The van der Waals surface area contributed by atoms with Crippen LogP contribution in [0.3, 0.4) is 0 Å². The largest absolute Gasteiger partial charge is 0.378 e. The lowest BCUT2D eigenvalue weighted by Crippen LogP contribution is -2.38. The van der Waals surface area contributed by atoms with Crippen molar-refractivity contribution in [2.45, 2.75) is 12.8 Å². The maximum absolute atomic E-state index is 12.8. The molecule has 0 N–H and O–H groups in total. The van der Waals surface area contributed by atoms with Gasteiger partial charge in [-0.3, -0.25) is 4.79 Å². The van der Waals surface area contributed by atoms with Crippen LogP contribution >= 0.6 is 0 Å². The van der Waals surface area contributed by atoms with Crippen molar-refractivity contribution >= 4 is 11.6 Å². The Morgan fingerprint density at radius 3 is 2.36 bits per heavy atom. The number of carbonyl (C=O) groups excluding carboxylic acids is 1. The van der Waals surface area contributed by atoms with Crippen molar-refractivity contribution in [3.63, 3.8) is 0 Å². The first kappa shape index (κ1) is 17.0. The SMILES string of the molecule is CN(C)c1cccc(-c2cccc(C(=O)N3CCC(C#N)CC3)c2)c1. The summed E-state index contributed by atoms with van der Waals surface area (Å²) in [5.41, 5.74) is 3.99. The number of anilines is 1. The molecule has 1 saturated heterocycles. The van der Waals surface area contributed by atoms with Gasteiger partial charge in [-0.1, -0.05) is 24.3 Å². The first-order valence-electron chi connectivity index (χ1n) is 8.65. The normalized spacial score (nSPS) is 14.8. The van der Waals surface area contributed by atoms with Crippen LogP contribution in [-0.4, -0.2) is 38.0 Å². The van der Waals surface area contributed by atoms with E-state index in [-0.39, 0.29) is 11.8 Å². The molecule has 128 valence electrons. The number of nitriles is 1.